The van der Waals surface area contributed by atoms with Gasteiger partial charge in [-0.3, -0.25) is 4.98 Å². The van der Waals surface area contributed by atoms with Gasteiger partial charge in [-0.2, -0.15) is 0 Å². The van der Waals surface area contributed by atoms with Crippen LogP contribution in [0.15, 0.2) is 71.2 Å². The monoisotopic (exact) mass is 524 g/mol. The van der Waals surface area contributed by atoms with Gasteiger partial charge in [0.25, 0.3) is 0 Å². The molecular formula is C28H27BrF2N2O. The Morgan fingerprint density at radius 2 is 1.65 bits per heavy atom. The number of aliphatic hydroxyl groups is 1. The number of benzene rings is 3. The van der Waals surface area contributed by atoms with Crippen LogP contribution in [0.2, 0.25) is 0 Å². The summed E-state index contributed by atoms with van der Waals surface area (Å²) < 4.78 is 29.2. The predicted molar refractivity (Wildman–Crippen MR) is 136 cm³/mol. The molecule has 0 fully saturated rings. The van der Waals surface area contributed by atoms with Crippen molar-refractivity contribution in [3.05, 3.63) is 111 Å². The van der Waals surface area contributed by atoms with E-state index in [1.54, 1.807) is 6.07 Å². The first-order chi connectivity index (χ1) is 16.2. The van der Waals surface area contributed by atoms with E-state index in [2.05, 4.69) is 34.1 Å². The molecule has 4 aromatic rings. The Hall–Kier alpha value is -2.67. The Morgan fingerprint density at radius 3 is 2.29 bits per heavy atom. The molecule has 34 heavy (non-hydrogen) atoms. The molecular weight excluding hydrogens is 498 g/mol. The predicted octanol–water partition coefficient (Wildman–Crippen LogP) is 6.36. The van der Waals surface area contributed by atoms with Crippen molar-refractivity contribution in [1.29, 1.82) is 0 Å². The van der Waals surface area contributed by atoms with Crippen LogP contribution >= 0.6 is 15.9 Å². The number of hydrogen-bond donors (Lipinski definition) is 1. The van der Waals surface area contributed by atoms with E-state index >= 15 is 0 Å². The fourth-order valence-corrected chi connectivity index (χ4v) is 4.78. The maximum absolute atomic E-state index is 14.2. The van der Waals surface area contributed by atoms with E-state index in [0.717, 1.165) is 33.6 Å². The third-order valence-electron chi connectivity index (χ3n) is 6.12. The lowest BCUT2D eigenvalue weighted by molar-refractivity contribution is 0.0635. The average molecular weight is 525 g/mol. The third kappa shape index (κ3) is 5.19. The normalized spacial score (nSPS) is 13.4. The first kappa shape index (κ1) is 24.5. The van der Waals surface area contributed by atoms with E-state index < -0.39 is 17.2 Å². The molecule has 4 rings (SSSR count). The smallest absolute Gasteiger partial charge is 0.126 e. The summed E-state index contributed by atoms with van der Waals surface area (Å²) in [4.78, 5) is 6.82. The largest absolute Gasteiger partial charge is 0.380 e. The zero-order valence-electron chi connectivity index (χ0n) is 19.4. The molecule has 0 saturated carbocycles. The molecule has 1 heterocycles. The highest BCUT2D eigenvalue weighted by Crippen LogP contribution is 2.39. The minimum absolute atomic E-state index is 0.166. The quantitative estimate of drug-likeness (QED) is 0.305. The van der Waals surface area contributed by atoms with Gasteiger partial charge in [-0.05, 0) is 80.9 Å². The molecule has 1 unspecified atom stereocenters. The maximum Gasteiger partial charge on any atom is 0.126 e. The van der Waals surface area contributed by atoms with Gasteiger partial charge < -0.3 is 10.0 Å². The highest BCUT2D eigenvalue weighted by molar-refractivity contribution is 9.10. The lowest BCUT2D eigenvalue weighted by Gasteiger charge is -2.32. The number of aryl methyl sites for hydroxylation is 1. The molecule has 6 heteroatoms. The second-order valence-corrected chi connectivity index (χ2v) is 9.91. The molecule has 0 aliphatic carbocycles. The number of pyridine rings is 1. The minimum atomic E-state index is -1.64. The molecule has 0 radical (unpaired) electrons. The second-order valence-electron chi connectivity index (χ2n) is 8.99. The van der Waals surface area contributed by atoms with Crippen molar-refractivity contribution < 1.29 is 13.9 Å². The number of rotatable bonds is 7. The van der Waals surface area contributed by atoms with Crippen LogP contribution in [0.4, 0.5) is 8.78 Å². The van der Waals surface area contributed by atoms with Crippen LogP contribution in [-0.4, -0.2) is 35.6 Å². The summed E-state index contributed by atoms with van der Waals surface area (Å²) in [5.41, 5.74) is 2.76. The first-order valence-corrected chi connectivity index (χ1v) is 11.9. The zero-order chi connectivity index (χ0) is 24.5. The Labute approximate surface area is 207 Å². The van der Waals surface area contributed by atoms with Crippen LogP contribution in [0.3, 0.4) is 0 Å². The summed E-state index contributed by atoms with van der Waals surface area (Å²) in [5, 5.41) is 12.9. The van der Waals surface area contributed by atoms with Gasteiger partial charge >= 0.3 is 0 Å². The molecule has 0 aliphatic rings. The summed E-state index contributed by atoms with van der Waals surface area (Å²) in [6, 6.07) is 19.2. The van der Waals surface area contributed by atoms with Crippen molar-refractivity contribution in [3.8, 4) is 0 Å². The highest BCUT2D eigenvalue weighted by atomic mass is 79.9. The van der Waals surface area contributed by atoms with Crippen molar-refractivity contribution in [2.45, 2.75) is 25.4 Å². The number of hydrogen-bond acceptors (Lipinski definition) is 3. The van der Waals surface area contributed by atoms with E-state index in [1.165, 1.54) is 17.7 Å². The molecule has 0 amide bonds. The number of aromatic nitrogens is 1. The molecule has 0 spiro atoms. The van der Waals surface area contributed by atoms with Crippen LogP contribution in [0.25, 0.3) is 10.9 Å². The topological polar surface area (TPSA) is 36.4 Å². The number of fused-ring (bicyclic) bond motifs is 1. The van der Waals surface area contributed by atoms with Crippen molar-refractivity contribution in [3.63, 3.8) is 0 Å². The second kappa shape index (κ2) is 9.90. The van der Waals surface area contributed by atoms with Gasteiger partial charge in [0.05, 0.1) is 5.52 Å². The molecule has 0 saturated heterocycles. The van der Waals surface area contributed by atoms with Crippen LogP contribution in [0, 0.1) is 18.6 Å². The zero-order valence-corrected chi connectivity index (χ0v) is 21.0. The Balaban J connectivity index is 1.91. The van der Waals surface area contributed by atoms with Gasteiger partial charge in [0.1, 0.15) is 17.2 Å². The maximum atomic E-state index is 14.2. The lowest BCUT2D eigenvalue weighted by Crippen LogP contribution is -2.32. The Morgan fingerprint density at radius 1 is 0.971 bits per heavy atom. The average Bonchev–Trinajstić information content (AvgIpc) is 2.78. The molecule has 3 nitrogen and oxygen atoms in total. The van der Waals surface area contributed by atoms with Crippen molar-refractivity contribution in [2.75, 3.05) is 20.6 Å². The highest BCUT2D eigenvalue weighted by Gasteiger charge is 2.35. The summed E-state index contributed by atoms with van der Waals surface area (Å²) in [5.74, 6) is -1.46. The van der Waals surface area contributed by atoms with Gasteiger partial charge in [0, 0.05) is 33.7 Å². The minimum Gasteiger partial charge on any atom is -0.380 e. The summed E-state index contributed by atoms with van der Waals surface area (Å²) >= 11 is 3.57. The van der Waals surface area contributed by atoms with Crippen LogP contribution in [-0.2, 0) is 12.0 Å². The molecule has 1 aromatic heterocycles. The van der Waals surface area contributed by atoms with Crippen LogP contribution < -0.4 is 0 Å². The Bertz CT molecular complexity index is 1310. The van der Waals surface area contributed by atoms with Gasteiger partial charge in [-0.1, -0.05) is 46.3 Å². The van der Waals surface area contributed by atoms with Crippen LogP contribution in [0.1, 0.15) is 34.4 Å². The standard InChI is InChI=1S/C28H27BrF2N2O/c1-18-20(11-19-7-5-4-6-8-19)12-21-13-23(29)16-26(27(21)32-18)28(34,9-10-33(2)3)22-14-24(30)17-25(31)15-22/h4-8,12-17,34H,9-11H2,1-3H3. The van der Waals surface area contributed by atoms with Crippen molar-refractivity contribution in [1.82, 2.24) is 9.88 Å². The molecule has 1 N–H and O–H groups in total. The fourth-order valence-electron chi connectivity index (χ4n) is 4.31. The molecule has 0 bridgehead atoms. The molecule has 176 valence electrons. The fraction of sp³-hybridized carbons (Fsp3) is 0.250. The van der Waals surface area contributed by atoms with Crippen LogP contribution in [0.5, 0.6) is 0 Å². The summed E-state index contributed by atoms with van der Waals surface area (Å²) in [7, 11) is 3.79. The number of halogens is 3. The molecule has 1 atom stereocenters. The molecule has 3 aromatic carbocycles. The molecule has 0 aliphatic heterocycles. The van der Waals surface area contributed by atoms with E-state index in [4.69, 9.17) is 4.98 Å². The van der Waals surface area contributed by atoms with E-state index in [9.17, 15) is 13.9 Å². The third-order valence-corrected chi connectivity index (χ3v) is 6.58. The van der Waals surface area contributed by atoms with Gasteiger partial charge in [0.2, 0.25) is 0 Å². The number of nitrogens with zero attached hydrogens (tertiary/aromatic N) is 2. The van der Waals surface area contributed by atoms with Crippen molar-refractivity contribution >= 4 is 26.8 Å². The SMILES string of the molecule is Cc1nc2c(C(O)(CCN(C)C)c3cc(F)cc(F)c3)cc(Br)cc2cc1Cc1ccccc1. The Kier molecular flexibility index (Phi) is 7.12. The van der Waals surface area contributed by atoms with Gasteiger partial charge in [0.15, 0.2) is 0 Å². The van der Waals surface area contributed by atoms with E-state index in [-0.39, 0.29) is 12.0 Å². The summed E-state index contributed by atoms with van der Waals surface area (Å²) in [6.07, 6.45) is 0.971. The summed E-state index contributed by atoms with van der Waals surface area (Å²) in [6.45, 7) is 2.46. The van der Waals surface area contributed by atoms with Gasteiger partial charge in [-0.25, -0.2) is 8.78 Å². The van der Waals surface area contributed by atoms with E-state index in [0.29, 0.717) is 17.6 Å². The van der Waals surface area contributed by atoms with Gasteiger partial charge in [-0.15, -0.1) is 0 Å². The van der Waals surface area contributed by atoms with Crippen molar-refractivity contribution in [2.24, 2.45) is 0 Å². The first-order valence-electron chi connectivity index (χ1n) is 11.1. The lowest BCUT2D eigenvalue weighted by atomic mass is 9.82. The van der Waals surface area contributed by atoms with E-state index in [1.807, 2.05) is 50.2 Å².